The van der Waals surface area contributed by atoms with Gasteiger partial charge >= 0.3 is 5.97 Å². The Kier molecular flexibility index (Phi) is 2.06. The smallest absolute Gasteiger partial charge is 0.352 e. The summed E-state index contributed by atoms with van der Waals surface area (Å²) in [4.78, 5) is 12.8. The summed E-state index contributed by atoms with van der Waals surface area (Å²) in [6.07, 6.45) is 5.50. The molecule has 0 aromatic rings. The van der Waals surface area contributed by atoms with Gasteiger partial charge in [-0.25, -0.2) is 4.79 Å². The normalized spacial score (nSPS) is 26.6. The highest BCUT2D eigenvalue weighted by Crippen LogP contribution is 2.17. The van der Waals surface area contributed by atoms with Gasteiger partial charge in [-0.3, -0.25) is 0 Å². The van der Waals surface area contributed by atoms with Crippen LogP contribution in [-0.4, -0.2) is 41.7 Å². The lowest BCUT2D eigenvalue weighted by molar-refractivity contribution is -0.134. The number of fused-ring (bicyclic) bond motifs is 1. The summed E-state index contributed by atoms with van der Waals surface area (Å²) in [5.41, 5.74) is 0.411. The molecule has 4 heteroatoms. The van der Waals surface area contributed by atoms with Gasteiger partial charge in [-0.05, 0) is 6.08 Å². The predicted octanol–water partition coefficient (Wildman–Crippen LogP) is -0.202. The average Bonchev–Trinajstić information content (AvgIpc) is 2.17. The largest absolute Gasteiger partial charge is 0.477 e. The Hall–Kier alpha value is -1.29. The number of aliphatic carboxylic acids is 1. The molecular weight excluding hydrogens is 168 g/mol. The van der Waals surface area contributed by atoms with Crippen LogP contribution in [-0.2, 0) is 4.79 Å². The first-order valence-electron chi connectivity index (χ1n) is 4.38. The van der Waals surface area contributed by atoms with Gasteiger partial charge in [0.1, 0.15) is 5.70 Å². The van der Waals surface area contributed by atoms with Crippen LogP contribution >= 0.6 is 0 Å². The van der Waals surface area contributed by atoms with Crippen molar-refractivity contribution in [2.75, 3.05) is 19.6 Å². The quantitative estimate of drug-likeness (QED) is 0.586. The minimum absolute atomic E-state index is 0.213. The summed E-state index contributed by atoms with van der Waals surface area (Å²) in [6.45, 7) is 2.46. The van der Waals surface area contributed by atoms with Gasteiger partial charge in [0.2, 0.25) is 0 Å². The van der Waals surface area contributed by atoms with E-state index in [4.69, 9.17) is 5.11 Å². The molecular formula is C9H12N2O2. The van der Waals surface area contributed by atoms with Crippen LogP contribution in [0, 0.1) is 0 Å². The third kappa shape index (κ3) is 1.45. The lowest BCUT2D eigenvalue weighted by atomic mass is 10.1. The molecule has 1 fully saturated rings. The number of hydrogen-bond donors (Lipinski definition) is 2. The Morgan fingerprint density at radius 2 is 2.54 bits per heavy atom. The maximum absolute atomic E-state index is 10.8. The molecule has 0 amide bonds. The number of nitrogens with one attached hydrogen (secondary N) is 1. The zero-order valence-corrected chi connectivity index (χ0v) is 7.23. The molecule has 2 heterocycles. The van der Waals surface area contributed by atoms with E-state index >= 15 is 0 Å². The lowest BCUT2D eigenvalue weighted by Gasteiger charge is -2.37. The molecule has 2 N–H and O–H groups in total. The van der Waals surface area contributed by atoms with Gasteiger partial charge in [-0.15, -0.1) is 0 Å². The number of allylic oxidation sites excluding steroid dienone is 2. The maximum atomic E-state index is 10.8. The molecule has 2 rings (SSSR count). The summed E-state index contributed by atoms with van der Waals surface area (Å²) < 4.78 is 0. The number of carboxylic acid groups (broad SMARTS) is 1. The Balaban J connectivity index is 2.22. The standard InChI is InChI=1S/C9H12N2O2/c12-9(13)8-3-1-2-7-6-10-4-5-11(7)8/h1-3,7,10H,4-6H2,(H,12,13). The molecule has 13 heavy (non-hydrogen) atoms. The second kappa shape index (κ2) is 3.22. The molecule has 0 spiro atoms. The van der Waals surface area contributed by atoms with E-state index in [9.17, 15) is 4.79 Å². The Morgan fingerprint density at radius 1 is 1.69 bits per heavy atom. The number of hydrogen-bond acceptors (Lipinski definition) is 3. The molecule has 2 aliphatic rings. The molecule has 4 nitrogen and oxygen atoms in total. The Bertz CT molecular complexity index is 283. The van der Waals surface area contributed by atoms with Crippen molar-refractivity contribution in [2.24, 2.45) is 0 Å². The van der Waals surface area contributed by atoms with E-state index in [0.29, 0.717) is 5.70 Å². The number of carboxylic acids is 1. The van der Waals surface area contributed by atoms with Gasteiger partial charge in [-0.1, -0.05) is 12.2 Å². The molecule has 1 saturated heterocycles. The zero-order chi connectivity index (χ0) is 9.26. The number of nitrogens with zero attached hydrogens (tertiary/aromatic N) is 1. The fraction of sp³-hybridized carbons (Fsp3) is 0.444. The first kappa shape index (κ1) is 8.31. The molecule has 2 aliphatic heterocycles. The van der Waals surface area contributed by atoms with Gasteiger partial charge in [0.25, 0.3) is 0 Å². The topological polar surface area (TPSA) is 52.6 Å². The van der Waals surface area contributed by atoms with E-state index in [1.165, 1.54) is 0 Å². The molecule has 0 bridgehead atoms. The van der Waals surface area contributed by atoms with Crippen molar-refractivity contribution in [2.45, 2.75) is 6.04 Å². The monoisotopic (exact) mass is 180 g/mol. The molecule has 0 aliphatic carbocycles. The van der Waals surface area contributed by atoms with E-state index < -0.39 is 5.97 Å². The van der Waals surface area contributed by atoms with Gasteiger partial charge in [-0.2, -0.15) is 0 Å². The summed E-state index contributed by atoms with van der Waals surface area (Å²) in [5.74, 6) is -0.837. The molecule has 0 radical (unpaired) electrons. The highest BCUT2D eigenvalue weighted by atomic mass is 16.4. The van der Waals surface area contributed by atoms with Crippen molar-refractivity contribution < 1.29 is 9.90 Å². The number of piperazine rings is 1. The van der Waals surface area contributed by atoms with Crippen molar-refractivity contribution in [3.05, 3.63) is 23.9 Å². The van der Waals surface area contributed by atoms with Crippen molar-refractivity contribution >= 4 is 5.97 Å². The second-order valence-electron chi connectivity index (χ2n) is 3.21. The Labute approximate surface area is 76.5 Å². The van der Waals surface area contributed by atoms with Gasteiger partial charge < -0.3 is 15.3 Å². The van der Waals surface area contributed by atoms with Crippen LogP contribution in [0.25, 0.3) is 0 Å². The number of carbonyl (C=O) groups is 1. The van der Waals surface area contributed by atoms with E-state index in [1.54, 1.807) is 6.08 Å². The molecule has 1 unspecified atom stereocenters. The van der Waals surface area contributed by atoms with E-state index in [1.807, 2.05) is 17.1 Å². The van der Waals surface area contributed by atoms with E-state index in [0.717, 1.165) is 19.6 Å². The molecule has 0 aromatic heterocycles. The predicted molar refractivity (Wildman–Crippen MR) is 48.2 cm³/mol. The first-order valence-corrected chi connectivity index (χ1v) is 4.38. The highest BCUT2D eigenvalue weighted by Gasteiger charge is 2.26. The molecule has 0 saturated carbocycles. The van der Waals surface area contributed by atoms with E-state index in [2.05, 4.69) is 5.32 Å². The summed E-state index contributed by atoms with van der Waals surface area (Å²) in [7, 11) is 0. The number of rotatable bonds is 1. The average molecular weight is 180 g/mol. The third-order valence-electron chi connectivity index (χ3n) is 2.40. The van der Waals surface area contributed by atoms with Crippen molar-refractivity contribution in [3.8, 4) is 0 Å². The van der Waals surface area contributed by atoms with Crippen LogP contribution in [0.15, 0.2) is 23.9 Å². The minimum atomic E-state index is -0.837. The van der Waals surface area contributed by atoms with Crippen molar-refractivity contribution in [3.63, 3.8) is 0 Å². The summed E-state index contributed by atoms with van der Waals surface area (Å²) >= 11 is 0. The SMILES string of the molecule is O=C(O)C1=CC=CC2CNCCN12. The molecule has 0 aromatic carbocycles. The first-order chi connectivity index (χ1) is 6.29. The fourth-order valence-electron chi connectivity index (χ4n) is 1.76. The zero-order valence-electron chi connectivity index (χ0n) is 7.23. The van der Waals surface area contributed by atoms with Crippen molar-refractivity contribution in [1.29, 1.82) is 0 Å². The van der Waals surface area contributed by atoms with Gasteiger partial charge in [0, 0.05) is 19.6 Å². The van der Waals surface area contributed by atoms with Crippen LogP contribution in [0.2, 0.25) is 0 Å². The van der Waals surface area contributed by atoms with Gasteiger partial charge in [0.15, 0.2) is 0 Å². The lowest BCUT2D eigenvalue weighted by Crippen LogP contribution is -2.51. The second-order valence-corrected chi connectivity index (χ2v) is 3.21. The highest BCUT2D eigenvalue weighted by molar-refractivity contribution is 5.86. The Morgan fingerprint density at radius 3 is 3.31 bits per heavy atom. The van der Waals surface area contributed by atoms with Crippen molar-refractivity contribution in [1.82, 2.24) is 10.2 Å². The van der Waals surface area contributed by atoms with E-state index in [-0.39, 0.29) is 6.04 Å². The van der Waals surface area contributed by atoms with Crippen LogP contribution in [0.4, 0.5) is 0 Å². The molecule has 70 valence electrons. The minimum Gasteiger partial charge on any atom is -0.477 e. The molecule has 1 atom stereocenters. The van der Waals surface area contributed by atoms with Crippen LogP contribution < -0.4 is 5.32 Å². The fourth-order valence-corrected chi connectivity index (χ4v) is 1.76. The maximum Gasteiger partial charge on any atom is 0.352 e. The van der Waals surface area contributed by atoms with Gasteiger partial charge in [0.05, 0.1) is 6.04 Å². The van der Waals surface area contributed by atoms with Crippen LogP contribution in [0.1, 0.15) is 0 Å². The summed E-state index contributed by atoms with van der Waals surface area (Å²) in [5, 5.41) is 12.1. The van der Waals surface area contributed by atoms with Crippen LogP contribution in [0.5, 0.6) is 0 Å². The summed E-state index contributed by atoms with van der Waals surface area (Å²) in [6, 6.07) is 0.213. The van der Waals surface area contributed by atoms with Crippen LogP contribution in [0.3, 0.4) is 0 Å². The third-order valence-corrected chi connectivity index (χ3v) is 2.40.